The molecule has 0 amide bonds. The molecule has 188 valence electrons. The van der Waals surface area contributed by atoms with Crippen molar-refractivity contribution in [2.24, 2.45) is 0 Å². The summed E-state index contributed by atoms with van der Waals surface area (Å²) >= 11 is 0. The maximum Gasteiger partial charge on any atom is 0.243 e. The molecule has 2 heterocycles. The molecule has 0 aliphatic rings. The van der Waals surface area contributed by atoms with E-state index in [0.717, 1.165) is 38.7 Å². The van der Waals surface area contributed by atoms with Crippen molar-refractivity contribution in [1.29, 1.82) is 0 Å². The standard InChI is InChI=1S/C32H27N3O2S/c1-24-16-18-29(19-17-24)38(36,37)34(22-25-10-4-2-5-11-25)23-28-21-32-30-15-9-8-14-27(30)20-31(35(32)33-28)26-12-6-3-7-13-26/h2-21H,22-23H2,1H3. The van der Waals surface area contributed by atoms with Crippen LogP contribution in [0.1, 0.15) is 16.8 Å². The van der Waals surface area contributed by atoms with Gasteiger partial charge >= 0.3 is 0 Å². The van der Waals surface area contributed by atoms with Crippen molar-refractivity contribution in [2.75, 3.05) is 0 Å². The number of sulfonamides is 1. The summed E-state index contributed by atoms with van der Waals surface area (Å²) in [6.45, 7) is 2.34. The minimum absolute atomic E-state index is 0.148. The van der Waals surface area contributed by atoms with E-state index in [9.17, 15) is 8.42 Å². The summed E-state index contributed by atoms with van der Waals surface area (Å²) in [4.78, 5) is 0.276. The van der Waals surface area contributed by atoms with Gasteiger partial charge in [0, 0.05) is 17.5 Å². The number of benzene rings is 4. The molecule has 0 unspecified atom stereocenters. The lowest BCUT2D eigenvalue weighted by molar-refractivity contribution is 0.396. The largest absolute Gasteiger partial charge is 0.243 e. The predicted octanol–water partition coefficient (Wildman–Crippen LogP) is 6.85. The third-order valence-corrected chi connectivity index (χ3v) is 8.59. The first-order valence-electron chi connectivity index (χ1n) is 12.6. The van der Waals surface area contributed by atoms with E-state index >= 15 is 0 Å². The van der Waals surface area contributed by atoms with Gasteiger partial charge in [0.05, 0.1) is 28.3 Å². The highest BCUT2D eigenvalue weighted by Crippen LogP contribution is 2.30. The first kappa shape index (κ1) is 24.1. The van der Waals surface area contributed by atoms with E-state index in [0.29, 0.717) is 5.69 Å². The zero-order valence-electron chi connectivity index (χ0n) is 21.0. The third kappa shape index (κ3) is 4.60. The Morgan fingerprint density at radius 1 is 0.737 bits per heavy atom. The number of hydrogen-bond donors (Lipinski definition) is 0. The van der Waals surface area contributed by atoms with E-state index in [2.05, 4.69) is 30.3 Å². The Morgan fingerprint density at radius 3 is 2.13 bits per heavy atom. The highest BCUT2D eigenvalue weighted by atomic mass is 32.2. The molecule has 0 fully saturated rings. The molecule has 6 heteroatoms. The fourth-order valence-corrected chi connectivity index (χ4v) is 6.21. The molecule has 38 heavy (non-hydrogen) atoms. The summed E-state index contributed by atoms with van der Waals surface area (Å²) in [5.41, 5.74) is 5.57. The number of pyridine rings is 1. The molecule has 5 nitrogen and oxygen atoms in total. The molecule has 0 aliphatic carbocycles. The van der Waals surface area contributed by atoms with Gasteiger partial charge in [0.15, 0.2) is 0 Å². The second-order valence-corrected chi connectivity index (χ2v) is 11.4. The Labute approximate surface area is 222 Å². The van der Waals surface area contributed by atoms with Crippen LogP contribution in [0, 0.1) is 6.92 Å². The molecule has 0 aliphatic heterocycles. The first-order chi connectivity index (χ1) is 18.5. The van der Waals surface area contributed by atoms with Crippen LogP contribution in [0.15, 0.2) is 126 Å². The van der Waals surface area contributed by atoms with Gasteiger partial charge in [-0.05, 0) is 42.1 Å². The van der Waals surface area contributed by atoms with Crippen molar-refractivity contribution < 1.29 is 8.42 Å². The molecule has 6 rings (SSSR count). The van der Waals surface area contributed by atoms with Gasteiger partial charge in [-0.3, -0.25) is 0 Å². The highest BCUT2D eigenvalue weighted by Gasteiger charge is 2.26. The van der Waals surface area contributed by atoms with Crippen LogP contribution in [0.3, 0.4) is 0 Å². The summed E-state index contributed by atoms with van der Waals surface area (Å²) in [6.07, 6.45) is 0. The average molecular weight is 518 g/mol. The van der Waals surface area contributed by atoms with E-state index in [1.165, 1.54) is 4.31 Å². The third-order valence-electron chi connectivity index (χ3n) is 6.79. The molecule has 2 aromatic heterocycles. The van der Waals surface area contributed by atoms with E-state index in [-0.39, 0.29) is 18.0 Å². The molecule has 0 atom stereocenters. The summed E-state index contributed by atoms with van der Waals surface area (Å²) in [7, 11) is -3.77. The molecule has 0 N–H and O–H groups in total. The van der Waals surface area contributed by atoms with Gasteiger partial charge in [-0.2, -0.15) is 9.40 Å². The second kappa shape index (κ2) is 9.89. The van der Waals surface area contributed by atoms with Gasteiger partial charge in [-0.25, -0.2) is 12.9 Å². The molecule has 4 aromatic carbocycles. The van der Waals surface area contributed by atoms with Crippen LogP contribution in [-0.4, -0.2) is 22.3 Å². The van der Waals surface area contributed by atoms with Gasteiger partial charge < -0.3 is 0 Å². The normalized spacial score (nSPS) is 11.9. The lowest BCUT2D eigenvalue weighted by Crippen LogP contribution is -2.30. The number of fused-ring (bicyclic) bond motifs is 3. The average Bonchev–Trinajstić information content (AvgIpc) is 3.38. The summed E-state index contributed by atoms with van der Waals surface area (Å²) in [5.74, 6) is 0. The fourth-order valence-electron chi connectivity index (χ4n) is 4.81. The van der Waals surface area contributed by atoms with Gasteiger partial charge in [0.25, 0.3) is 0 Å². The van der Waals surface area contributed by atoms with Crippen LogP contribution >= 0.6 is 0 Å². The first-order valence-corrected chi connectivity index (χ1v) is 14.0. The Morgan fingerprint density at radius 2 is 1.39 bits per heavy atom. The molecule has 0 saturated heterocycles. The zero-order valence-corrected chi connectivity index (χ0v) is 21.8. The minimum Gasteiger partial charge on any atom is -0.232 e. The molecular formula is C32H27N3O2S. The van der Waals surface area contributed by atoms with Crippen molar-refractivity contribution in [3.63, 3.8) is 0 Å². The molecule has 0 saturated carbocycles. The smallest absolute Gasteiger partial charge is 0.232 e. The molecule has 6 aromatic rings. The van der Waals surface area contributed by atoms with Gasteiger partial charge in [-0.15, -0.1) is 0 Å². The predicted molar refractivity (Wildman–Crippen MR) is 152 cm³/mol. The Balaban J connectivity index is 1.48. The van der Waals surface area contributed by atoms with E-state index in [1.807, 2.05) is 90.3 Å². The quantitative estimate of drug-likeness (QED) is 0.233. The van der Waals surface area contributed by atoms with Crippen LogP contribution < -0.4 is 0 Å². The number of rotatable bonds is 7. The van der Waals surface area contributed by atoms with Crippen molar-refractivity contribution >= 4 is 26.3 Å². The van der Waals surface area contributed by atoms with Crippen molar-refractivity contribution in [2.45, 2.75) is 24.9 Å². The zero-order chi connectivity index (χ0) is 26.1. The fraction of sp³-hybridized carbons (Fsp3) is 0.0938. The molecule has 0 radical (unpaired) electrons. The molecule has 0 spiro atoms. The Kier molecular flexibility index (Phi) is 6.27. The van der Waals surface area contributed by atoms with E-state index in [4.69, 9.17) is 5.10 Å². The van der Waals surface area contributed by atoms with Crippen LogP contribution in [0.5, 0.6) is 0 Å². The van der Waals surface area contributed by atoms with Crippen LogP contribution in [0.4, 0.5) is 0 Å². The molecular weight excluding hydrogens is 490 g/mol. The number of hydrogen-bond acceptors (Lipinski definition) is 3. The van der Waals surface area contributed by atoms with Gasteiger partial charge in [0.1, 0.15) is 0 Å². The lowest BCUT2D eigenvalue weighted by atomic mass is 10.1. The van der Waals surface area contributed by atoms with E-state index < -0.39 is 10.0 Å². The second-order valence-electron chi connectivity index (χ2n) is 9.49. The monoisotopic (exact) mass is 517 g/mol. The van der Waals surface area contributed by atoms with E-state index in [1.54, 1.807) is 12.1 Å². The minimum atomic E-state index is -3.77. The van der Waals surface area contributed by atoms with Gasteiger partial charge in [0.2, 0.25) is 10.0 Å². The maximum absolute atomic E-state index is 13.9. The number of aromatic nitrogens is 2. The van der Waals surface area contributed by atoms with Crippen molar-refractivity contribution in [1.82, 2.24) is 13.9 Å². The molecule has 0 bridgehead atoms. The highest BCUT2D eigenvalue weighted by molar-refractivity contribution is 7.89. The van der Waals surface area contributed by atoms with Crippen LogP contribution in [0.25, 0.3) is 27.5 Å². The van der Waals surface area contributed by atoms with Crippen LogP contribution in [-0.2, 0) is 23.1 Å². The summed E-state index contributed by atoms with van der Waals surface area (Å²) < 4.78 is 31.2. The van der Waals surface area contributed by atoms with Crippen LogP contribution in [0.2, 0.25) is 0 Å². The summed E-state index contributed by atoms with van der Waals surface area (Å²) in [5, 5.41) is 7.13. The topological polar surface area (TPSA) is 54.7 Å². The Hall–Kier alpha value is -4.26. The Bertz CT molecular complexity index is 1830. The van der Waals surface area contributed by atoms with Crippen molar-refractivity contribution in [3.05, 3.63) is 138 Å². The SMILES string of the molecule is Cc1ccc(S(=O)(=O)N(Cc2ccccc2)Cc2cc3c4ccccc4cc(-c4ccccc4)n3n2)cc1. The lowest BCUT2D eigenvalue weighted by Gasteiger charge is -2.21. The number of aryl methyl sites for hydroxylation is 1. The summed E-state index contributed by atoms with van der Waals surface area (Å²) in [6, 6.07) is 39.2. The van der Waals surface area contributed by atoms with Crippen molar-refractivity contribution in [3.8, 4) is 11.3 Å². The number of nitrogens with zero attached hydrogens (tertiary/aromatic N) is 3. The van der Waals surface area contributed by atoms with Gasteiger partial charge in [-0.1, -0.05) is 103 Å². The maximum atomic E-state index is 13.9.